The molecule has 4 nitrogen and oxygen atoms in total. The molecule has 1 aromatic heterocycles. The van der Waals surface area contributed by atoms with Crippen molar-refractivity contribution in [2.24, 2.45) is 5.92 Å². The summed E-state index contributed by atoms with van der Waals surface area (Å²) in [5.74, 6) is 0.725. The van der Waals surface area contributed by atoms with Gasteiger partial charge in [0.2, 0.25) is 5.91 Å². The largest absolute Gasteiger partial charge is 0.316 e. The molecule has 3 rings (SSSR count). The number of anilines is 1. The number of hydrogen-bond donors (Lipinski definition) is 2. The predicted molar refractivity (Wildman–Crippen MR) is 90.2 cm³/mol. The molecular formula is C17H21N3OS. The molecule has 0 aliphatic carbocycles. The highest BCUT2D eigenvalue weighted by molar-refractivity contribution is 7.15. The molecule has 116 valence electrons. The third-order valence-electron chi connectivity index (χ3n) is 3.96. The molecule has 2 heterocycles. The first-order valence-corrected chi connectivity index (χ1v) is 8.60. The Labute approximate surface area is 135 Å². The summed E-state index contributed by atoms with van der Waals surface area (Å²) in [6, 6.07) is 10.3. The molecule has 1 amide bonds. The van der Waals surface area contributed by atoms with Crippen LogP contribution in [0.15, 0.2) is 36.5 Å². The van der Waals surface area contributed by atoms with Gasteiger partial charge in [0.05, 0.1) is 0 Å². The topological polar surface area (TPSA) is 54.0 Å². The summed E-state index contributed by atoms with van der Waals surface area (Å²) in [4.78, 5) is 17.4. The molecule has 1 aliphatic rings. The maximum atomic E-state index is 12.0. The van der Waals surface area contributed by atoms with Gasteiger partial charge in [0.1, 0.15) is 0 Å². The maximum absolute atomic E-state index is 12.0. The summed E-state index contributed by atoms with van der Waals surface area (Å²) < 4.78 is 0. The molecule has 0 saturated carbocycles. The fourth-order valence-electron chi connectivity index (χ4n) is 2.72. The Morgan fingerprint density at radius 1 is 1.36 bits per heavy atom. The van der Waals surface area contributed by atoms with Crippen molar-refractivity contribution in [3.63, 3.8) is 0 Å². The van der Waals surface area contributed by atoms with Gasteiger partial charge in [-0.05, 0) is 37.4 Å². The minimum Gasteiger partial charge on any atom is -0.316 e. The Morgan fingerprint density at radius 2 is 2.23 bits per heavy atom. The third-order valence-corrected chi connectivity index (χ3v) is 4.88. The molecule has 1 fully saturated rings. The lowest BCUT2D eigenvalue weighted by Gasteiger charge is -2.06. The van der Waals surface area contributed by atoms with E-state index in [-0.39, 0.29) is 5.91 Å². The van der Waals surface area contributed by atoms with Crippen molar-refractivity contribution < 1.29 is 4.79 Å². The average molecular weight is 315 g/mol. The van der Waals surface area contributed by atoms with E-state index in [1.165, 1.54) is 16.9 Å². The molecule has 1 aliphatic heterocycles. The Kier molecular flexibility index (Phi) is 5.19. The van der Waals surface area contributed by atoms with Gasteiger partial charge in [-0.15, -0.1) is 11.3 Å². The first-order valence-electron chi connectivity index (χ1n) is 7.79. The number of thiazole rings is 1. The van der Waals surface area contributed by atoms with Crippen molar-refractivity contribution in [3.05, 3.63) is 47.0 Å². The molecular weight excluding hydrogens is 294 g/mol. The zero-order valence-corrected chi connectivity index (χ0v) is 13.4. The van der Waals surface area contributed by atoms with Gasteiger partial charge >= 0.3 is 0 Å². The smallest absolute Gasteiger partial charge is 0.226 e. The third kappa shape index (κ3) is 4.39. The van der Waals surface area contributed by atoms with E-state index in [0.29, 0.717) is 17.5 Å². The molecule has 1 atom stereocenters. The number of aromatic nitrogens is 1. The van der Waals surface area contributed by atoms with Crippen LogP contribution < -0.4 is 10.6 Å². The first-order chi connectivity index (χ1) is 10.8. The van der Waals surface area contributed by atoms with Crippen molar-refractivity contribution in [1.82, 2.24) is 10.3 Å². The minimum atomic E-state index is 0.0764. The summed E-state index contributed by atoms with van der Waals surface area (Å²) in [7, 11) is 0. The van der Waals surface area contributed by atoms with Crippen LogP contribution >= 0.6 is 11.3 Å². The Hall–Kier alpha value is -1.72. The van der Waals surface area contributed by atoms with Gasteiger partial charge in [-0.3, -0.25) is 4.79 Å². The highest BCUT2D eigenvalue weighted by Crippen LogP contribution is 2.22. The van der Waals surface area contributed by atoms with Crippen LogP contribution in [0.5, 0.6) is 0 Å². The number of nitrogens with zero attached hydrogens (tertiary/aromatic N) is 1. The summed E-state index contributed by atoms with van der Waals surface area (Å²) in [6.45, 7) is 2.13. The predicted octanol–water partition coefficient (Wildman–Crippen LogP) is 3.06. The fraction of sp³-hybridized carbons (Fsp3) is 0.412. The molecule has 1 unspecified atom stereocenters. The minimum absolute atomic E-state index is 0.0764. The van der Waals surface area contributed by atoms with Gasteiger partial charge in [-0.25, -0.2) is 4.98 Å². The van der Waals surface area contributed by atoms with Gasteiger partial charge in [0.25, 0.3) is 0 Å². The summed E-state index contributed by atoms with van der Waals surface area (Å²) >= 11 is 1.56. The van der Waals surface area contributed by atoms with Gasteiger partial charge in [-0.2, -0.15) is 0 Å². The van der Waals surface area contributed by atoms with Gasteiger partial charge in [0.15, 0.2) is 5.13 Å². The lowest BCUT2D eigenvalue weighted by Crippen LogP contribution is -2.14. The summed E-state index contributed by atoms with van der Waals surface area (Å²) in [5.41, 5.74) is 1.26. The van der Waals surface area contributed by atoms with Crippen LogP contribution in [-0.2, 0) is 11.2 Å². The molecule has 0 radical (unpaired) electrons. The van der Waals surface area contributed by atoms with Crippen LogP contribution in [0.1, 0.15) is 29.7 Å². The van der Waals surface area contributed by atoms with Crippen molar-refractivity contribution in [2.45, 2.75) is 25.7 Å². The second-order valence-electron chi connectivity index (χ2n) is 5.74. The number of benzene rings is 1. The van der Waals surface area contributed by atoms with Crippen LogP contribution in [0.2, 0.25) is 0 Å². The zero-order valence-electron chi connectivity index (χ0n) is 12.5. The van der Waals surface area contributed by atoms with Gasteiger partial charge in [0, 0.05) is 23.9 Å². The number of nitrogens with one attached hydrogen (secondary N) is 2. The van der Waals surface area contributed by atoms with E-state index in [2.05, 4.69) is 27.8 Å². The summed E-state index contributed by atoms with van der Waals surface area (Å²) in [5, 5.41) is 6.96. The zero-order chi connectivity index (χ0) is 15.2. The fourth-order valence-corrected chi connectivity index (χ4v) is 3.58. The van der Waals surface area contributed by atoms with E-state index in [4.69, 9.17) is 0 Å². The first kappa shape index (κ1) is 15.2. The van der Waals surface area contributed by atoms with Crippen LogP contribution in [0.25, 0.3) is 0 Å². The normalized spacial score (nSPS) is 17.5. The molecule has 1 saturated heterocycles. The quantitative estimate of drug-likeness (QED) is 0.861. The molecule has 0 spiro atoms. The second-order valence-corrected chi connectivity index (χ2v) is 6.85. The molecule has 2 aromatic rings. The van der Waals surface area contributed by atoms with Crippen LogP contribution in [0, 0.1) is 5.92 Å². The average Bonchev–Trinajstić information content (AvgIpc) is 3.18. The van der Waals surface area contributed by atoms with Gasteiger partial charge in [-0.1, -0.05) is 30.3 Å². The Morgan fingerprint density at radius 3 is 3.00 bits per heavy atom. The Bertz CT molecular complexity index is 605. The van der Waals surface area contributed by atoms with E-state index in [0.717, 1.165) is 25.9 Å². The number of carbonyl (C=O) groups is 1. The highest BCUT2D eigenvalue weighted by atomic mass is 32.1. The van der Waals surface area contributed by atoms with Crippen LogP contribution in [-0.4, -0.2) is 24.0 Å². The lowest BCUT2D eigenvalue weighted by molar-refractivity contribution is -0.116. The van der Waals surface area contributed by atoms with Crippen LogP contribution in [0.4, 0.5) is 5.13 Å². The highest BCUT2D eigenvalue weighted by Gasteiger charge is 2.16. The maximum Gasteiger partial charge on any atom is 0.226 e. The SMILES string of the molecule is O=C(CCC1CCNC1)Nc1ncc(Cc2ccccc2)s1. The van der Waals surface area contributed by atoms with Crippen molar-refractivity contribution in [1.29, 1.82) is 0 Å². The van der Waals surface area contributed by atoms with E-state index in [1.54, 1.807) is 11.3 Å². The number of hydrogen-bond acceptors (Lipinski definition) is 4. The number of amides is 1. The molecule has 2 N–H and O–H groups in total. The van der Waals surface area contributed by atoms with Crippen LogP contribution in [0.3, 0.4) is 0 Å². The number of carbonyl (C=O) groups excluding carboxylic acids is 1. The monoisotopic (exact) mass is 315 g/mol. The van der Waals surface area contributed by atoms with Crippen molar-refractivity contribution in [3.8, 4) is 0 Å². The van der Waals surface area contributed by atoms with E-state index >= 15 is 0 Å². The Balaban J connectivity index is 1.47. The summed E-state index contributed by atoms with van der Waals surface area (Å²) in [6.07, 6.45) is 5.45. The van der Waals surface area contributed by atoms with E-state index in [1.807, 2.05) is 24.4 Å². The second kappa shape index (κ2) is 7.51. The standard InChI is InChI=1S/C17H21N3OS/c21-16(7-6-14-8-9-18-11-14)20-17-19-12-15(22-17)10-13-4-2-1-3-5-13/h1-5,12,14,18H,6-11H2,(H,19,20,21). The van der Waals surface area contributed by atoms with E-state index in [9.17, 15) is 4.79 Å². The number of rotatable bonds is 6. The molecule has 22 heavy (non-hydrogen) atoms. The van der Waals surface area contributed by atoms with Crippen molar-refractivity contribution in [2.75, 3.05) is 18.4 Å². The molecule has 1 aromatic carbocycles. The van der Waals surface area contributed by atoms with Crippen molar-refractivity contribution >= 4 is 22.4 Å². The molecule has 0 bridgehead atoms. The van der Waals surface area contributed by atoms with E-state index < -0.39 is 0 Å². The lowest BCUT2D eigenvalue weighted by atomic mass is 10.0. The molecule has 5 heteroatoms. The van der Waals surface area contributed by atoms with Gasteiger partial charge < -0.3 is 10.6 Å².